The summed E-state index contributed by atoms with van der Waals surface area (Å²) in [7, 11) is 0. The van der Waals surface area contributed by atoms with Crippen LogP contribution in [0, 0.1) is 0 Å². The number of benzene rings is 2. The molecule has 0 bridgehead atoms. The Bertz CT molecular complexity index is 835. The van der Waals surface area contributed by atoms with Crippen molar-refractivity contribution in [2.75, 3.05) is 0 Å². The fourth-order valence-corrected chi connectivity index (χ4v) is 3.18. The van der Waals surface area contributed by atoms with Crippen molar-refractivity contribution < 1.29 is 4.79 Å². The first-order chi connectivity index (χ1) is 12.7. The van der Waals surface area contributed by atoms with Crippen molar-refractivity contribution in [1.29, 1.82) is 0 Å². The van der Waals surface area contributed by atoms with Gasteiger partial charge in [-0.1, -0.05) is 73.7 Å². The Balaban J connectivity index is 1.91. The normalized spacial score (nSPS) is 20.1. The van der Waals surface area contributed by atoms with Gasteiger partial charge in [-0.05, 0) is 35.8 Å². The molecule has 3 nitrogen and oxygen atoms in total. The lowest BCUT2D eigenvalue weighted by atomic mass is 9.84. The minimum absolute atomic E-state index is 0.0108. The summed E-state index contributed by atoms with van der Waals surface area (Å²) in [5, 5.41) is 4.57. The van der Waals surface area contributed by atoms with E-state index in [4.69, 9.17) is 0 Å². The monoisotopic (exact) mass is 344 g/mol. The van der Waals surface area contributed by atoms with Crippen LogP contribution in [0.5, 0.6) is 0 Å². The first-order valence-electron chi connectivity index (χ1n) is 9.01. The number of carbonyl (C=O) groups is 1. The molecule has 0 aliphatic carbocycles. The second kappa shape index (κ2) is 8.43. The molecule has 1 aliphatic heterocycles. The third-order valence-corrected chi connectivity index (χ3v) is 4.62. The van der Waals surface area contributed by atoms with Crippen molar-refractivity contribution in [3.8, 4) is 0 Å². The van der Waals surface area contributed by atoms with E-state index in [0.717, 1.165) is 16.8 Å². The summed E-state index contributed by atoms with van der Waals surface area (Å²) in [4.78, 5) is 11.9. The lowest BCUT2D eigenvalue weighted by Gasteiger charge is -2.21. The first-order valence-corrected chi connectivity index (χ1v) is 9.01. The van der Waals surface area contributed by atoms with Crippen LogP contribution in [-0.4, -0.2) is 17.5 Å². The highest BCUT2D eigenvalue weighted by Crippen LogP contribution is 2.30. The van der Waals surface area contributed by atoms with E-state index >= 15 is 0 Å². The summed E-state index contributed by atoms with van der Waals surface area (Å²) < 4.78 is 0. The summed E-state index contributed by atoms with van der Waals surface area (Å²) in [6, 6.07) is 20.5. The number of hydrogen-bond acceptors (Lipinski definition) is 3. The van der Waals surface area contributed by atoms with Crippen LogP contribution in [-0.2, 0) is 4.79 Å². The van der Waals surface area contributed by atoms with Gasteiger partial charge in [0.1, 0.15) is 0 Å². The highest BCUT2D eigenvalue weighted by Gasteiger charge is 2.32. The second-order valence-electron chi connectivity index (χ2n) is 6.48. The van der Waals surface area contributed by atoms with Gasteiger partial charge in [-0.2, -0.15) is 5.10 Å². The molecule has 0 fully saturated rings. The number of hydrogen-bond donors (Lipinski definition) is 1. The number of allylic oxidation sites excluding steroid dienone is 2. The highest BCUT2D eigenvalue weighted by atomic mass is 16.1. The maximum atomic E-state index is 11.9. The number of ketones is 1. The van der Waals surface area contributed by atoms with Crippen LogP contribution in [0.4, 0.5) is 0 Å². The fraction of sp³-hybridized carbons (Fsp3) is 0.217. The van der Waals surface area contributed by atoms with E-state index in [-0.39, 0.29) is 17.7 Å². The molecule has 0 saturated heterocycles. The third kappa shape index (κ3) is 4.17. The second-order valence-corrected chi connectivity index (χ2v) is 6.48. The molecular formula is C23H24N2O. The van der Waals surface area contributed by atoms with Gasteiger partial charge in [0, 0.05) is 6.42 Å². The average molecular weight is 344 g/mol. The Labute approximate surface area is 155 Å². The van der Waals surface area contributed by atoms with Crippen LogP contribution < -0.4 is 5.43 Å². The van der Waals surface area contributed by atoms with Crippen molar-refractivity contribution in [1.82, 2.24) is 5.43 Å². The third-order valence-electron chi connectivity index (χ3n) is 4.62. The zero-order valence-electron chi connectivity index (χ0n) is 15.2. The Morgan fingerprint density at radius 3 is 2.35 bits per heavy atom. The summed E-state index contributed by atoms with van der Waals surface area (Å²) in [6.45, 7) is 3.88. The van der Waals surface area contributed by atoms with Crippen molar-refractivity contribution in [2.45, 2.75) is 32.2 Å². The van der Waals surface area contributed by atoms with Crippen LogP contribution >= 0.6 is 0 Å². The van der Waals surface area contributed by atoms with Gasteiger partial charge in [0.15, 0.2) is 5.78 Å². The maximum absolute atomic E-state index is 11.9. The molecule has 0 aromatic heterocycles. The van der Waals surface area contributed by atoms with Gasteiger partial charge in [0.2, 0.25) is 0 Å². The van der Waals surface area contributed by atoms with Gasteiger partial charge in [0.25, 0.3) is 0 Å². The van der Waals surface area contributed by atoms with E-state index in [2.05, 4.69) is 46.9 Å². The van der Waals surface area contributed by atoms with E-state index in [9.17, 15) is 4.79 Å². The lowest BCUT2D eigenvalue weighted by molar-refractivity contribution is -0.114. The van der Waals surface area contributed by atoms with Gasteiger partial charge in [0.05, 0.1) is 17.7 Å². The van der Waals surface area contributed by atoms with Crippen LogP contribution in [0.15, 0.2) is 83.5 Å². The summed E-state index contributed by atoms with van der Waals surface area (Å²) in [5.41, 5.74) is 7.55. The minimum atomic E-state index is -0.0108. The molecular weight excluding hydrogens is 320 g/mol. The van der Waals surface area contributed by atoms with Crippen LogP contribution in [0.2, 0.25) is 0 Å². The molecule has 0 spiro atoms. The molecule has 132 valence electrons. The molecule has 1 heterocycles. The van der Waals surface area contributed by atoms with Gasteiger partial charge in [-0.3, -0.25) is 4.79 Å². The molecule has 1 N–H and O–H groups in total. The Hall–Kier alpha value is -2.94. The smallest absolute Gasteiger partial charge is 0.155 e. The molecule has 2 aromatic rings. The first kappa shape index (κ1) is 17.9. The molecule has 2 atom stereocenters. The molecule has 3 heteroatoms. The number of nitrogens with one attached hydrogen (secondary N) is 1. The van der Waals surface area contributed by atoms with Gasteiger partial charge in [-0.25, -0.2) is 0 Å². The van der Waals surface area contributed by atoms with Crippen LogP contribution in [0.1, 0.15) is 37.3 Å². The molecule has 2 unspecified atom stereocenters. The number of rotatable bonds is 6. The minimum Gasteiger partial charge on any atom is -0.302 e. The maximum Gasteiger partial charge on any atom is 0.155 e. The predicted octanol–water partition coefficient (Wildman–Crippen LogP) is 4.74. The highest BCUT2D eigenvalue weighted by molar-refractivity contribution is 6.05. The molecule has 1 aliphatic rings. The molecule has 0 radical (unpaired) electrons. The average Bonchev–Trinajstić information content (AvgIpc) is 3.12. The van der Waals surface area contributed by atoms with Crippen molar-refractivity contribution in [3.05, 3.63) is 89.5 Å². The molecule has 2 aromatic carbocycles. The van der Waals surface area contributed by atoms with Gasteiger partial charge >= 0.3 is 0 Å². The molecule has 26 heavy (non-hydrogen) atoms. The quantitative estimate of drug-likeness (QED) is 0.769. The fourth-order valence-electron chi connectivity index (χ4n) is 3.18. The van der Waals surface area contributed by atoms with E-state index < -0.39 is 0 Å². The topological polar surface area (TPSA) is 41.5 Å². The van der Waals surface area contributed by atoms with Crippen molar-refractivity contribution in [2.24, 2.45) is 5.10 Å². The van der Waals surface area contributed by atoms with E-state index in [1.807, 2.05) is 50.2 Å². The zero-order chi connectivity index (χ0) is 18.4. The van der Waals surface area contributed by atoms with Crippen LogP contribution in [0.3, 0.4) is 0 Å². The summed E-state index contributed by atoms with van der Waals surface area (Å²) in [5.74, 6) is 0.224. The van der Waals surface area contributed by atoms with Gasteiger partial charge in [-0.15, -0.1) is 0 Å². The number of nitrogens with zero attached hydrogens (tertiary/aromatic N) is 1. The van der Waals surface area contributed by atoms with Crippen molar-refractivity contribution >= 4 is 17.6 Å². The predicted molar refractivity (Wildman–Crippen MR) is 108 cm³/mol. The number of hydrazone groups is 1. The standard InChI is InChI=1S/C23H24N2O/c1-3-20(26)16-17(2)23-22(19-12-8-5-9-13-19)21(24-25-23)15-14-18-10-6-4-7-11-18/h4-16,22-23,25H,3H2,1-2H3/b15-14+,17-16-. The molecule has 3 rings (SSSR count). The number of carbonyl (C=O) groups excluding carboxylic acids is 1. The zero-order valence-corrected chi connectivity index (χ0v) is 15.2. The van der Waals surface area contributed by atoms with Crippen LogP contribution in [0.25, 0.3) is 6.08 Å². The van der Waals surface area contributed by atoms with E-state index in [0.29, 0.717) is 6.42 Å². The largest absolute Gasteiger partial charge is 0.302 e. The Morgan fingerprint density at radius 1 is 1.04 bits per heavy atom. The molecule has 0 amide bonds. The van der Waals surface area contributed by atoms with E-state index in [1.54, 1.807) is 6.08 Å². The summed E-state index contributed by atoms with van der Waals surface area (Å²) >= 11 is 0. The molecule has 0 saturated carbocycles. The van der Waals surface area contributed by atoms with Gasteiger partial charge < -0.3 is 5.43 Å². The Morgan fingerprint density at radius 2 is 1.69 bits per heavy atom. The summed E-state index contributed by atoms with van der Waals surface area (Å²) in [6.07, 6.45) is 6.40. The van der Waals surface area contributed by atoms with E-state index in [1.165, 1.54) is 5.56 Å². The SMILES string of the molecule is CCC(=O)/C=C(/C)C1NN=C(/C=C/c2ccccc2)C1c1ccccc1. The lowest BCUT2D eigenvalue weighted by Crippen LogP contribution is -2.29. The Kier molecular flexibility index (Phi) is 5.80. The van der Waals surface area contributed by atoms with Crippen molar-refractivity contribution in [3.63, 3.8) is 0 Å².